The number of nitrogens with one attached hydrogen (secondary N) is 5. The molecule has 0 spiro atoms. The number of carbonyl (C=O) groups is 10. The van der Waals surface area contributed by atoms with E-state index < -0.39 is 111 Å². The van der Waals surface area contributed by atoms with E-state index in [1.807, 2.05) is 50.1 Å². The topological polar surface area (TPSA) is 385 Å². The lowest BCUT2D eigenvalue weighted by Crippen LogP contribution is -2.36. The molecule has 10 aromatic carbocycles. The third kappa shape index (κ3) is 19.6. The van der Waals surface area contributed by atoms with Gasteiger partial charge < -0.3 is 71.6 Å². The number of Topliss-reactive ketones (excluding diaryl/α,β-unsaturated/α-hetero) is 5. The molecule has 6 heterocycles. The number of ketones is 5. The summed E-state index contributed by atoms with van der Waals surface area (Å²) in [5, 5.41) is 69.0. The molecule has 16 rings (SSSR count). The molecule has 0 bridgehead atoms. The van der Waals surface area contributed by atoms with Crippen LogP contribution < -0.4 is 46.0 Å². The Labute approximate surface area is 777 Å². The number of sulfone groups is 1. The number of benzene rings is 10. The first-order chi connectivity index (χ1) is 59.8. The van der Waals surface area contributed by atoms with Crippen molar-refractivity contribution in [3.63, 3.8) is 0 Å². The number of carbonyl (C=O) groups excluding carboxylic acids is 10. The molecule has 660 valence electrons. The fraction of sp³-hybridized carbons (Fsp3) is 0.222. The molecule has 6 aliphatic heterocycles. The first-order valence-electron chi connectivity index (χ1n) is 38.4. The van der Waals surface area contributed by atoms with Crippen LogP contribution in [0.2, 0.25) is 50.2 Å². The molecule has 26 nitrogen and oxygen atoms in total. The van der Waals surface area contributed by atoms with Gasteiger partial charge in [0.25, 0.3) is 29.5 Å². The standard InChI is InChI=1S/C20H18Cl2N2O3.2C18H16Cl2N2O3.C17H13Cl2NO5S.C17H13Cl2NO4/c21-14-7-8-15(22)18-17(14)20(27,19(26)23-18)11-16(25)12-3-5-13(6-4-12)24-9-1-2-10-24;2*1-22(2)11-5-3-10(4-6-11)14(23)9-18(25)15-12(19)7-8-13(20)16(15)21-17(18)24;1-26(24,25)10-4-2-9(3-5-10)13(21)8-17(23)14-11(18)6-7-12(19)15(14)20-16(17)22;1-24-10-4-2-9(3-5-10)13(21)8-17(23)14-11(18)6-7-12(19)15(14)20-16(17)22/h3-8,27H,1-2,9-11H2,(H,23,26);2*3-8,25H,9H2,1-2H3,(H,21,24);2-7,23H,8H2,1H3,(H,20,22);2-7,23H,8H2,1H3,(H,20,22)/t20-;2*18-;2*17-/m11011/s1. The highest BCUT2D eigenvalue weighted by Crippen LogP contribution is 2.52. The predicted molar refractivity (Wildman–Crippen MR) is 492 cm³/mol. The van der Waals surface area contributed by atoms with E-state index in [1.165, 1.54) is 105 Å². The van der Waals surface area contributed by atoms with Gasteiger partial charge >= 0.3 is 0 Å². The van der Waals surface area contributed by atoms with Gasteiger partial charge in [-0.1, -0.05) is 128 Å². The molecule has 5 atom stereocenters. The van der Waals surface area contributed by atoms with Gasteiger partial charge in [-0.3, -0.25) is 47.9 Å². The Morgan fingerprint density at radius 1 is 0.339 bits per heavy atom. The van der Waals surface area contributed by atoms with E-state index in [0.29, 0.717) is 28.0 Å². The van der Waals surface area contributed by atoms with Crippen molar-refractivity contribution in [2.45, 2.75) is 77.8 Å². The number of amides is 5. The number of hydrogen-bond acceptors (Lipinski definition) is 21. The first kappa shape index (κ1) is 95.8. The third-order valence-electron chi connectivity index (χ3n) is 21.8. The number of fused-ring (bicyclic) bond motifs is 5. The molecule has 10 aromatic rings. The van der Waals surface area contributed by atoms with Gasteiger partial charge in [0.1, 0.15) is 5.75 Å². The Kier molecular flexibility index (Phi) is 28.8. The summed E-state index contributed by atoms with van der Waals surface area (Å²) in [5.74, 6) is -5.09. The maximum absolute atomic E-state index is 12.8. The van der Waals surface area contributed by atoms with Gasteiger partial charge in [-0.15, -0.1) is 0 Å². The SMILES string of the molecule is CN(C)c1ccc(C(=O)C[C@@]2(O)C(=O)Nc3c(Cl)ccc(Cl)c32)cc1.CN(C)c1ccc(C(=O)C[C@]2(O)C(=O)Nc3c(Cl)ccc(Cl)c32)cc1.COc1ccc(C(=O)C[C@]2(O)C(=O)Nc3c(Cl)ccc(Cl)c32)cc1.CS(=O)(=O)c1ccc(C(=O)C[C@]2(O)C(=O)Nc3c(Cl)ccc(Cl)c32)cc1.O=C(C[C@]1(O)C(=O)Nc2c(Cl)ccc(Cl)c21)c1ccc(N2CCCC2)cc1. The van der Waals surface area contributed by atoms with E-state index >= 15 is 0 Å². The molecular formula is C90H76Cl10N8O18S. The zero-order valence-corrected chi connectivity index (χ0v) is 76.1. The van der Waals surface area contributed by atoms with E-state index in [2.05, 4.69) is 31.5 Å². The number of aliphatic hydroxyl groups is 5. The maximum atomic E-state index is 12.8. The van der Waals surface area contributed by atoms with Crippen molar-refractivity contribution in [3.05, 3.63) is 288 Å². The number of ether oxygens (including phenoxy) is 1. The van der Waals surface area contributed by atoms with Crippen LogP contribution in [0.25, 0.3) is 0 Å². The number of anilines is 8. The molecule has 0 unspecified atom stereocenters. The smallest absolute Gasteiger partial charge is 0.261 e. The second-order valence-electron chi connectivity index (χ2n) is 30.6. The molecule has 6 aliphatic rings. The van der Waals surface area contributed by atoms with E-state index in [9.17, 15) is 81.9 Å². The summed E-state index contributed by atoms with van der Waals surface area (Å²) in [4.78, 5) is 131. The van der Waals surface area contributed by atoms with Crippen LogP contribution >= 0.6 is 116 Å². The van der Waals surface area contributed by atoms with Gasteiger partial charge in [0, 0.05) is 145 Å². The number of nitrogens with zero attached hydrogens (tertiary/aromatic N) is 3. The van der Waals surface area contributed by atoms with Gasteiger partial charge in [-0.05, 0) is 183 Å². The lowest BCUT2D eigenvalue weighted by atomic mass is 9.88. The molecule has 1 fully saturated rings. The molecule has 5 amide bonds. The Morgan fingerprint density at radius 3 is 0.756 bits per heavy atom. The minimum Gasteiger partial charge on any atom is -0.497 e. The molecule has 0 aromatic heterocycles. The first-order valence-corrected chi connectivity index (χ1v) is 44.1. The van der Waals surface area contributed by atoms with Crippen molar-refractivity contribution in [1.29, 1.82) is 0 Å². The predicted octanol–water partition coefficient (Wildman–Crippen LogP) is 17.2. The van der Waals surface area contributed by atoms with Gasteiger partial charge in [0.2, 0.25) is 0 Å². The van der Waals surface area contributed by atoms with Gasteiger partial charge in [0.15, 0.2) is 66.8 Å². The summed E-state index contributed by atoms with van der Waals surface area (Å²) >= 11 is 61.0. The highest BCUT2D eigenvalue weighted by Gasteiger charge is 2.54. The van der Waals surface area contributed by atoms with Crippen LogP contribution in [0, 0.1) is 0 Å². The van der Waals surface area contributed by atoms with Crippen LogP contribution in [0.1, 0.15) is 125 Å². The second-order valence-corrected chi connectivity index (χ2v) is 36.7. The Balaban J connectivity index is 0.000000144. The quantitative estimate of drug-likeness (QED) is 0.0317. The van der Waals surface area contributed by atoms with Crippen molar-refractivity contribution in [1.82, 2.24) is 0 Å². The lowest BCUT2D eigenvalue weighted by molar-refractivity contribution is -0.133. The number of halogens is 10. The molecular weight excluding hydrogens is 1870 g/mol. The van der Waals surface area contributed by atoms with Crippen molar-refractivity contribution in [2.75, 3.05) is 95.9 Å². The van der Waals surface area contributed by atoms with E-state index in [0.717, 1.165) is 36.4 Å². The normalized spacial score (nSPS) is 19.4. The average molecular weight is 1940 g/mol. The van der Waals surface area contributed by atoms with E-state index in [1.54, 1.807) is 84.9 Å². The fourth-order valence-corrected chi connectivity index (χ4v) is 18.2. The molecule has 37 heteroatoms. The molecule has 0 radical (unpaired) electrons. The van der Waals surface area contributed by atoms with Crippen LogP contribution in [0.3, 0.4) is 0 Å². The number of hydrogen-bond donors (Lipinski definition) is 10. The van der Waals surface area contributed by atoms with Crippen LogP contribution in [-0.4, -0.2) is 147 Å². The van der Waals surface area contributed by atoms with Crippen LogP contribution in [0.5, 0.6) is 5.75 Å². The van der Waals surface area contributed by atoms with Crippen molar-refractivity contribution in [2.24, 2.45) is 0 Å². The van der Waals surface area contributed by atoms with E-state index in [-0.39, 0.29) is 134 Å². The van der Waals surface area contributed by atoms with Crippen LogP contribution in [0.4, 0.5) is 45.5 Å². The van der Waals surface area contributed by atoms with Crippen molar-refractivity contribution < 1.29 is 86.6 Å². The van der Waals surface area contributed by atoms with Gasteiger partial charge in [-0.25, -0.2) is 8.42 Å². The van der Waals surface area contributed by atoms with Crippen LogP contribution in [0.15, 0.2) is 187 Å². The minimum absolute atomic E-state index is 0.0535. The summed E-state index contributed by atoms with van der Waals surface area (Å²) in [7, 11) is 5.70. The zero-order valence-electron chi connectivity index (χ0n) is 67.8. The second kappa shape index (κ2) is 38.2. The average Bonchev–Trinajstić information content (AvgIpc) is 1.62. The summed E-state index contributed by atoms with van der Waals surface area (Å²) in [6.45, 7) is 2.03. The van der Waals surface area contributed by atoms with Gasteiger partial charge in [-0.2, -0.15) is 0 Å². The zero-order chi connectivity index (χ0) is 92.6. The van der Waals surface area contributed by atoms with Crippen LogP contribution in [-0.2, 0) is 61.8 Å². The molecule has 0 aliphatic carbocycles. The molecule has 127 heavy (non-hydrogen) atoms. The van der Waals surface area contributed by atoms with Crippen molar-refractivity contribution >= 4 is 230 Å². The van der Waals surface area contributed by atoms with Gasteiger partial charge in [0.05, 0.1) is 97.7 Å². The summed E-state index contributed by atoms with van der Waals surface area (Å²) < 4.78 is 28.0. The third-order valence-corrected chi connectivity index (χ3v) is 26.1. The highest BCUT2D eigenvalue weighted by atomic mass is 35.5. The summed E-state index contributed by atoms with van der Waals surface area (Å²) in [5.41, 5.74) is -3.88. The Morgan fingerprint density at radius 2 is 0.543 bits per heavy atom. The lowest BCUT2D eigenvalue weighted by Gasteiger charge is -2.21. The maximum Gasteiger partial charge on any atom is 0.261 e. The highest BCUT2D eigenvalue weighted by molar-refractivity contribution is 7.90. The number of methoxy groups -OCH3 is 1. The molecule has 0 saturated carbocycles. The summed E-state index contributed by atoms with van der Waals surface area (Å²) in [6, 6.07) is 47.7. The monoisotopic (exact) mass is 1940 g/mol. The Hall–Kier alpha value is -10.3. The van der Waals surface area contributed by atoms with E-state index in [4.69, 9.17) is 121 Å². The molecule has 10 N–H and O–H groups in total. The summed E-state index contributed by atoms with van der Waals surface area (Å²) in [6.07, 6.45) is 1.13. The van der Waals surface area contributed by atoms with Crippen molar-refractivity contribution in [3.8, 4) is 5.75 Å². The minimum atomic E-state index is -3.40. The fourth-order valence-electron chi connectivity index (χ4n) is 14.9. The number of rotatable bonds is 20. The Bertz CT molecular complexity index is 6130. The largest absolute Gasteiger partial charge is 0.497 e. The molecule has 1 saturated heterocycles.